The molecule has 7 nitrogen and oxygen atoms in total. The van der Waals surface area contributed by atoms with E-state index in [2.05, 4.69) is 16.5 Å². The van der Waals surface area contributed by atoms with Crippen molar-refractivity contribution in [3.63, 3.8) is 0 Å². The van der Waals surface area contributed by atoms with Crippen molar-refractivity contribution in [1.29, 1.82) is 0 Å². The molecule has 1 amide bonds. The van der Waals surface area contributed by atoms with Gasteiger partial charge in [-0.2, -0.15) is 4.31 Å². The van der Waals surface area contributed by atoms with Crippen LogP contribution in [0, 0.1) is 0 Å². The van der Waals surface area contributed by atoms with Gasteiger partial charge in [-0.3, -0.25) is 4.79 Å². The molecule has 1 aromatic heterocycles. The second kappa shape index (κ2) is 9.76. The first-order valence-corrected chi connectivity index (χ1v) is 12.0. The molecule has 0 saturated heterocycles. The second-order valence-corrected chi connectivity index (χ2v) is 9.60. The molecule has 0 aliphatic carbocycles. The Labute approximate surface area is 172 Å². The van der Waals surface area contributed by atoms with Gasteiger partial charge >= 0.3 is 0 Å². The Kier molecular flexibility index (Phi) is 7.91. The molecule has 156 valence electrons. The van der Waals surface area contributed by atoms with Crippen molar-refractivity contribution < 1.29 is 13.2 Å². The number of imidazole rings is 1. The number of sulfonamides is 1. The maximum absolute atomic E-state index is 12.8. The van der Waals surface area contributed by atoms with Crippen LogP contribution < -0.4 is 0 Å². The average molecular weight is 427 g/mol. The first-order valence-electron chi connectivity index (χ1n) is 9.59. The van der Waals surface area contributed by atoms with Crippen LogP contribution in [0.4, 0.5) is 0 Å². The number of carbonyl (C=O) groups excluding carboxylic acids is 1. The van der Waals surface area contributed by atoms with Crippen molar-refractivity contribution in [3.8, 4) is 0 Å². The van der Waals surface area contributed by atoms with Crippen LogP contribution in [-0.2, 0) is 21.4 Å². The third-order valence-corrected chi connectivity index (χ3v) is 7.59. The van der Waals surface area contributed by atoms with E-state index in [9.17, 15) is 13.2 Å². The van der Waals surface area contributed by atoms with Crippen molar-refractivity contribution in [2.75, 3.05) is 32.9 Å². The van der Waals surface area contributed by atoms with Gasteiger partial charge in [0.1, 0.15) is 0 Å². The van der Waals surface area contributed by atoms with Crippen LogP contribution in [0.5, 0.6) is 0 Å². The molecule has 0 saturated carbocycles. The largest absolute Gasteiger partial charge is 0.348 e. The van der Waals surface area contributed by atoms with Crippen molar-refractivity contribution in [2.45, 2.75) is 50.2 Å². The lowest BCUT2D eigenvalue weighted by atomic mass is 10.3. The van der Waals surface area contributed by atoms with Gasteiger partial charge < -0.3 is 9.47 Å². The highest BCUT2D eigenvalue weighted by Gasteiger charge is 2.23. The van der Waals surface area contributed by atoms with Gasteiger partial charge in [-0.1, -0.05) is 39.0 Å². The molecule has 28 heavy (non-hydrogen) atoms. The minimum Gasteiger partial charge on any atom is -0.348 e. The lowest BCUT2D eigenvalue weighted by molar-refractivity contribution is -0.125. The summed E-state index contributed by atoms with van der Waals surface area (Å²) >= 11 is 1.39. The Morgan fingerprint density at radius 2 is 1.86 bits per heavy atom. The summed E-state index contributed by atoms with van der Waals surface area (Å²) in [7, 11) is -0.0747. The minimum atomic E-state index is -3.53. The SMILES string of the molecule is CCCCn1c(SCC(=O)N(C)C)nc2cc(S(=O)(=O)N(CC)CC)ccc21. The van der Waals surface area contributed by atoms with E-state index in [1.165, 1.54) is 16.1 Å². The summed E-state index contributed by atoms with van der Waals surface area (Å²) in [6, 6.07) is 5.12. The second-order valence-electron chi connectivity index (χ2n) is 6.72. The summed E-state index contributed by atoms with van der Waals surface area (Å²) in [5.41, 5.74) is 1.54. The fraction of sp³-hybridized carbons (Fsp3) is 0.579. The van der Waals surface area contributed by atoms with Crippen molar-refractivity contribution >= 4 is 38.7 Å². The molecule has 9 heteroatoms. The molecule has 1 heterocycles. The Bertz CT molecular complexity index is 919. The fourth-order valence-corrected chi connectivity index (χ4v) is 5.36. The van der Waals surface area contributed by atoms with Gasteiger partial charge in [0, 0.05) is 33.7 Å². The van der Waals surface area contributed by atoms with Crippen molar-refractivity contribution in [3.05, 3.63) is 18.2 Å². The van der Waals surface area contributed by atoms with Gasteiger partial charge in [0.05, 0.1) is 21.7 Å². The van der Waals surface area contributed by atoms with E-state index in [1.807, 2.05) is 19.9 Å². The Morgan fingerprint density at radius 3 is 2.43 bits per heavy atom. The van der Waals surface area contributed by atoms with E-state index in [1.54, 1.807) is 31.1 Å². The molecule has 0 spiro atoms. The van der Waals surface area contributed by atoms with Gasteiger partial charge in [-0.05, 0) is 24.6 Å². The van der Waals surface area contributed by atoms with Crippen LogP contribution in [0.25, 0.3) is 11.0 Å². The monoisotopic (exact) mass is 426 g/mol. The molecule has 0 unspecified atom stereocenters. The predicted octanol–water partition coefficient (Wildman–Crippen LogP) is 3.05. The Hall–Kier alpha value is -1.58. The van der Waals surface area contributed by atoms with Gasteiger partial charge in [-0.25, -0.2) is 13.4 Å². The Balaban J connectivity index is 2.45. The van der Waals surface area contributed by atoms with E-state index >= 15 is 0 Å². The molecule has 0 bridgehead atoms. The number of amides is 1. The molecule has 0 aliphatic rings. The Morgan fingerprint density at radius 1 is 1.18 bits per heavy atom. The number of thioether (sulfide) groups is 1. The van der Waals surface area contributed by atoms with E-state index in [-0.39, 0.29) is 10.8 Å². The zero-order valence-electron chi connectivity index (χ0n) is 17.3. The third-order valence-electron chi connectivity index (χ3n) is 4.59. The fourth-order valence-electron chi connectivity index (χ4n) is 2.86. The van der Waals surface area contributed by atoms with Crippen molar-refractivity contribution in [1.82, 2.24) is 18.8 Å². The quantitative estimate of drug-likeness (QED) is 0.546. The maximum Gasteiger partial charge on any atom is 0.243 e. The standard InChI is InChI=1S/C19H30N4O3S2/c1-6-9-12-23-17-11-10-15(28(25,26)22(7-2)8-3)13-16(17)20-19(23)27-14-18(24)21(4)5/h10-11,13H,6-9,12,14H2,1-5H3. The highest BCUT2D eigenvalue weighted by molar-refractivity contribution is 7.99. The van der Waals surface area contributed by atoms with E-state index in [4.69, 9.17) is 0 Å². The molecule has 1 aromatic carbocycles. The summed E-state index contributed by atoms with van der Waals surface area (Å²) in [6.07, 6.45) is 2.02. The number of rotatable bonds is 10. The minimum absolute atomic E-state index is 0.0175. The third kappa shape index (κ3) is 4.87. The highest BCUT2D eigenvalue weighted by Crippen LogP contribution is 2.28. The molecule has 0 N–H and O–H groups in total. The van der Waals surface area contributed by atoms with Gasteiger partial charge in [0.15, 0.2) is 5.16 Å². The molecule has 0 aliphatic heterocycles. The van der Waals surface area contributed by atoms with Gasteiger partial charge in [0.2, 0.25) is 15.9 Å². The van der Waals surface area contributed by atoms with Crippen LogP contribution in [-0.4, -0.2) is 66.0 Å². The molecule has 2 rings (SSSR count). The number of carbonyl (C=O) groups is 1. The normalized spacial score (nSPS) is 12.1. The first kappa shape index (κ1) is 22.7. The topological polar surface area (TPSA) is 75.5 Å². The van der Waals surface area contributed by atoms with E-state index in [0.29, 0.717) is 24.4 Å². The maximum atomic E-state index is 12.8. The summed E-state index contributed by atoms with van der Waals surface area (Å²) in [6.45, 7) is 7.42. The number of unbranched alkanes of at least 4 members (excludes halogenated alkanes) is 1. The van der Waals surface area contributed by atoms with Crippen LogP contribution in [0.3, 0.4) is 0 Å². The van der Waals surface area contributed by atoms with E-state index in [0.717, 1.165) is 30.1 Å². The molecular weight excluding hydrogens is 396 g/mol. The number of hydrogen-bond acceptors (Lipinski definition) is 5. The lowest BCUT2D eigenvalue weighted by Crippen LogP contribution is -2.30. The molecule has 0 atom stereocenters. The van der Waals surface area contributed by atoms with Crippen LogP contribution in [0.15, 0.2) is 28.3 Å². The van der Waals surface area contributed by atoms with Crippen LogP contribution >= 0.6 is 11.8 Å². The smallest absolute Gasteiger partial charge is 0.243 e. The van der Waals surface area contributed by atoms with Crippen molar-refractivity contribution in [2.24, 2.45) is 0 Å². The van der Waals surface area contributed by atoms with E-state index < -0.39 is 10.0 Å². The summed E-state index contributed by atoms with van der Waals surface area (Å²) < 4.78 is 29.2. The first-order chi connectivity index (χ1) is 13.3. The zero-order valence-corrected chi connectivity index (χ0v) is 18.9. The molecule has 2 aromatic rings. The summed E-state index contributed by atoms with van der Waals surface area (Å²) in [4.78, 5) is 18.4. The molecular formula is C19H30N4O3S2. The average Bonchev–Trinajstić information content (AvgIpc) is 3.01. The number of nitrogens with zero attached hydrogens (tertiary/aromatic N) is 4. The highest BCUT2D eigenvalue weighted by atomic mass is 32.2. The van der Waals surface area contributed by atoms with Crippen LogP contribution in [0.2, 0.25) is 0 Å². The van der Waals surface area contributed by atoms with Gasteiger partial charge in [-0.15, -0.1) is 0 Å². The number of benzene rings is 1. The molecule has 0 radical (unpaired) electrons. The number of aryl methyl sites for hydroxylation is 1. The zero-order chi connectivity index (χ0) is 20.9. The van der Waals surface area contributed by atoms with Crippen LogP contribution in [0.1, 0.15) is 33.6 Å². The summed E-state index contributed by atoms with van der Waals surface area (Å²) in [5.74, 6) is 0.316. The summed E-state index contributed by atoms with van der Waals surface area (Å²) in [5, 5.41) is 0.746. The number of aromatic nitrogens is 2. The number of fused-ring (bicyclic) bond motifs is 1. The molecule has 0 fully saturated rings. The van der Waals surface area contributed by atoms with Gasteiger partial charge in [0.25, 0.3) is 0 Å². The number of hydrogen-bond donors (Lipinski definition) is 0. The lowest BCUT2D eigenvalue weighted by Gasteiger charge is -2.18. The predicted molar refractivity (Wildman–Crippen MR) is 114 cm³/mol.